The summed E-state index contributed by atoms with van der Waals surface area (Å²) in [4.78, 5) is 18.6. The number of nitrogens with zero attached hydrogens (tertiary/aromatic N) is 4. The Kier molecular flexibility index (Phi) is 2.94. The van der Waals surface area contributed by atoms with Crippen molar-refractivity contribution >= 4 is 11.7 Å². The molecule has 17 heavy (non-hydrogen) atoms. The molecule has 0 aliphatic rings. The SMILES string of the molecule is COC(=O)Cc1nc2nccc(C(F)F)n2n1. The lowest BCUT2D eigenvalue weighted by Crippen LogP contribution is -2.06. The van der Waals surface area contributed by atoms with Gasteiger partial charge < -0.3 is 4.74 Å². The minimum atomic E-state index is -2.69. The third-order valence-electron chi connectivity index (χ3n) is 2.07. The van der Waals surface area contributed by atoms with E-state index in [9.17, 15) is 13.6 Å². The van der Waals surface area contributed by atoms with Gasteiger partial charge in [0, 0.05) is 6.20 Å². The van der Waals surface area contributed by atoms with Crippen LogP contribution in [0.5, 0.6) is 0 Å². The highest BCUT2D eigenvalue weighted by Crippen LogP contribution is 2.17. The van der Waals surface area contributed by atoms with Gasteiger partial charge in [-0.2, -0.15) is 9.50 Å². The number of aromatic nitrogens is 4. The molecule has 2 rings (SSSR count). The molecule has 0 bridgehead atoms. The molecule has 2 aromatic heterocycles. The minimum Gasteiger partial charge on any atom is -0.469 e. The smallest absolute Gasteiger partial charge is 0.313 e. The molecule has 0 radical (unpaired) electrons. The lowest BCUT2D eigenvalue weighted by molar-refractivity contribution is -0.139. The van der Waals surface area contributed by atoms with E-state index in [2.05, 4.69) is 19.8 Å². The van der Waals surface area contributed by atoms with Gasteiger partial charge in [0.25, 0.3) is 12.2 Å². The first-order chi connectivity index (χ1) is 8.11. The summed E-state index contributed by atoms with van der Waals surface area (Å²) in [5.41, 5.74) is -0.321. The molecule has 90 valence electrons. The van der Waals surface area contributed by atoms with Gasteiger partial charge in [-0.15, -0.1) is 5.10 Å². The van der Waals surface area contributed by atoms with E-state index in [0.717, 1.165) is 10.6 Å². The number of carbonyl (C=O) groups is 1. The number of alkyl halides is 2. The van der Waals surface area contributed by atoms with Crippen LogP contribution in [0.25, 0.3) is 5.78 Å². The predicted octanol–water partition coefficient (Wildman–Crippen LogP) is 0.777. The first-order valence-corrected chi connectivity index (χ1v) is 4.67. The standard InChI is InChI=1S/C9H8F2N4O2/c1-17-7(16)4-6-13-9-12-3-2-5(8(10)11)15(9)14-6/h2-3,8H,4H2,1H3. The van der Waals surface area contributed by atoms with Crippen molar-refractivity contribution < 1.29 is 18.3 Å². The molecule has 0 aromatic carbocycles. The largest absolute Gasteiger partial charge is 0.469 e. The van der Waals surface area contributed by atoms with E-state index in [1.807, 2.05) is 0 Å². The third kappa shape index (κ3) is 2.19. The van der Waals surface area contributed by atoms with Gasteiger partial charge in [0.2, 0.25) is 0 Å². The van der Waals surface area contributed by atoms with Crippen molar-refractivity contribution in [2.75, 3.05) is 7.11 Å². The van der Waals surface area contributed by atoms with E-state index in [0.29, 0.717) is 0 Å². The zero-order valence-electron chi connectivity index (χ0n) is 8.80. The van der Waals surface area contributed by atoms with E-state index < -0.39 is 12.4 Å². The summed E-state index contributed by atoms with van der Waals surface area (Å²) < 4.78 is 30.6. The lowest BCUT2D eigenvalue weighted by atomic mass is 10.4. The fourth-order valence-electron chi connectivity index (χ4n) is 1.29. The molecule has 0 saturated carbocycles. The number of carbonyl (C=O) groups excluding carboxylic acids is 1. The van der Waals surface area contributed by atoms with E-state index in [4.69, 9.17) is 0 Å². The fourth-order valence-corrected chi connectivity index (χ4v) is 1.29. The van der Waals surface area contributed by atoms with Gasteiger partial charge in [0.1, 0.15) is 12.1 Å². The van der Waals surface area contributed by atoms with E-state index in [-0.39, 0.29) is 23.7 Å². The van der Waals surface area contributed by atoms with E-state index in [1.165, 1.54) is 13.3 Å². The quantitative estimate of drug-likeness (QED) is 0.744. The van der Waals surface area contributed by atoms with Crippen LogP contribution in [-0.4, -0.2) is 32.7 Å². The zero-order chi connectivity index (χ0) is 12.4. The maximum atomic E-state index is 12.6. The molecule has 2 aromatic rings. The first-order valence-electron chi connectivity index (χ1n) is 4.67. The Bertz CT molecular complexity index is 555. The van der Waals surface area contributed by atoms with Crippen LogP contribution in [0.15, 0.2) is 12.3 Å². The van der Waals surface area contributed by atoms with Crippen molar-refractivity contribution in [2.45, 2.75) is 12.8 Å². The number of hydrogen-bond acceptors (Lipinski definition) is 5. The normalized spacial score (nSPS) is 11.1. The Morgan fingerprint density at radius 1 is 1.59 bits per heavy atom. The van der Waals surface area contributed by atoms with Gasteiger partial charge >= 0.3 is 5.97 Å². The molecule has 0 N–H and O–H groups in total. The molecule has 0 atom stereocenters. The van der Waals surface area contributed by atoms with Crippen LogP contribution >= 0.6 is 0 Å². The van der Waals surface area contributed by atoms with Crippen LogP contribution in [0.1, 0.15) is 17.9 Å². The topological polar surface area (TPSA) is 69.4 Å². The van der Waals surface area contributed by atoms with Crippen LogP contribution in [0.3, 0.4) is 0 Å². The van der Waals surface area contributed by atoms with Gasteiger partial charge in [-0.25, -0.2) is 13.8 Å². The number of methoxy groups -OCH3 is 1. The molecule has 0 aliphatic carbocycles. The second-order valence-electron chi connectivity index (χ2n) is 3.16. The Labute approximate surface area is 94.2 Å². The number of rotatable bonds is 3. The number of esters is 1. The molecule has 0 saturated heterocycles. The van der Waals surface area contributed by atoms with Crippen molar-refractivity contribution in [1.29, 1.82) is 0 Å². The van der Waals surface area contributed by atoms with E-state index >= 15 is 0 Å². The second-order valence-corrected chi connectivity index (χ2v) is 3.16. The van der Waals surface area contributed by atoms with Gasteiger partial charge in [-0.05, 0) is 6.07 Å². The van der Waals surface area contributed by atoms with Crippen LogP contribution < -0.4 is 0 Å². The lowest BCUT2D eigenvalue weighted by Gasteiger charge is -1.99. The zero-order valence-corrected chi connectivity index (χ0v) is 8.80. The molecule has 0 fully saturated rings. The molecule has 0 unspecified atom stereocenters. The average molecular weight is 242 g/mol. The second kappa shape index (κ2) is 4.40. The van der Waals surface area contributed by atoms with Gasteiger partial charge in [0.05, 0.1) is 7.11 Å². The third-order valence-corrected chi connectivity index (χ3v) is 2.07. The Balaban J connectivity index is 2.43. The molecule has 2 heterocycles. The summed E-state index contributed by atoms with van der Waals surface area (Å²) in [6.07, 6.45) is -1.65. The number of ether oxygens (including phenoxy) is 1. The summed E-state index contributed by atoms with van der Waals surface area (Å²) in [7, 11) is 1.22. The molecule has 0 aliphatic heterocycles. The Morgan fingerprint density at radius 3 is 3.00 bits per heavy atom. The van der Waals surface area contributed by atoms with Crippen molar-refractivity contribution in [3.63, 3.8) is 0 Å². The Hall–Kier alpha value is -2.12. The minimum absolute atomic E-state index is 0.0294. The van der Waals surface area contributed by atoms with Crippen LogP contribution in [0.4, 0.5) is 8.78 Å². The first kappa shape index (κ1) is 11.4. The highest BCUT2D eigenvalue weighted by atomic mass is 19.3. The average Bonchev–Trinajstić information content (AvgIpc) is 2.70. The van der Waals surface area contributed by atoms with Crippen molar-refractivity contribution in [2.24, 2.45) is 0 Å². The summed E-state index contributed by atoms with van der Waals surface area (Å²) in [6.45, 7) is 0. The van der Waals surface area contributed by atoms with E-state index in [1.54, 1.807) is 0 Å². The van der Waals surface area contributed by atoms with Crippen LogP contribution in [-0.2, 0) is 16.0 Å². The number of hydrogen-bond donors (Lipinski definition) is 0. The van der Waals surface area contributed by atoms with Gasteiger partial charge in [0.15, 0.2) is 5.82 Å². The van der Waals surface area contributed by atoms with Crippen molar-refractivity contribution in [3.8, 4) is 0 Å². The molecular formula is C9H8F2N4O2. The summed E-state index contributed by atoms with van der Waals surface area (Å²) in [5.74, 6) is -0.418. The molecule has 6 nitrogen and oxygen atoms in total. The molecular weight excluding hydrogens is 234 g/mol. The highest BCUT2D eigenvalue weighted by molar-refractivity contribution is 5.71. The summed E-state index contributed by atoms with van der Waals surface area (Å²) in [5, 5.41) is 3.78. The summed E-state index contributed by atoms with van der Waals surface area (Å²) in [6, 6.07) is 1.15. The Morgan fingerprint density at radius 2 is 2.35 bits per heavy atom. The summed E-state index contributed by atoms with van der Waals surface area (Å²) >= 11 is 0. The number of fused-ring (bicyclic) bond motifs is 1. The van der Waals surface area contributed by atoms with Gasteiger partial charge in [-0.1, -0.05) is 0 Å². The predicted molar refractivity (Wildman–Crippen MR) is 51.5 cm³/mol. The van der Waals surface area contributed by atoms with Crippen molar-refractivity contribution in [1.82, 2.24) is 19.6 Å². The van der Waals surface area contributed by atoms with Crippen molar-refractivity contribution in [3.05, 3.63) is 23.8 Å². The molecule has 8 heteroatoms. The fraction of sp³-hybridized carbons (Fsp3) is 0.333. The molecule has 0 amide bonds. The number of halogens is 2. The maximum Gasteiger partial charge on any atom is 0.313 e. The maximum absolute atomic E-state index is 12.6. The monoisotopic (exact) mass is 242 g/mol. The van der Waals surface area contributed by atoms with Crippen LogP contribution in [0.2, 0.25) is 0 Å². The van der Waals surface area contributed by atoms with Crippen LogP contribution in [0, 0.1) is 0 Å². The molecule has 0 spiro atoms. The highest BCUT2D eigenvalue weighted by Gasteiger charge is 2.16. The van der Waals surface area contributed by atoms with Gasteiger partial charge in [-0.3, -0.25) is 4.79 Å².